The van der Waals surface area contributed by atoms with Crippen molar-refractivity contribution in [3.8, 4) is 0 Å². The Hall–Kier alpha value is -0.530. The number of hydrogen-bond donors (Lipinski definition) is 2. The fourth-order valence-electron chi connectivity index (χ4n) is 2.53. The van der Waals surface area contributed by atoms with Crippen LogP contribution in [0.4, 0.5) is 13.2 Å². The van der Waals surface area contributed by atoms with Crippen molar-refractivity contribution in [3.63, 3.8) is 0 Å². The van der Waals surface area contributed by atoms with E-state index in [0.29, 0.717) is 13.0 Å². The van der Waals surface area contributed by atoms with Crippen molar-refractivity contribution in [1.29, 1.82) is 0 Å². The van der Waals surface area contributed by atoms with E-state index in [2.05, 4.69) is 5.32 Å². The number of amides is 1. The van der Waals surface area contributed by atoms with E-state index in [1.165, 1.54) is 0 Å². The fraction of sp³-hybridized carbons (Fsp3) is 0.909. The van der Waals surface area contributed by atoms with Gasteiger partial charge >= 0.3 is 6.18 Å². The highest BCUT2D eigenvalue weighted by Crippen LogP contribution is 2.38. The maximum absolute atomic E-state index is 12.6. The maximum atomic E-state index is 12.6. The predicted octanol–water partition coefficient (Wildman–Crippen LogP) is 0.933. The maximum Gasteiger partial charge on any atom is 0.419 e. The summed E-state index contributed by atoms with van der Waals surface area (Å²) >= 11 is 0. The van der Waals surface area contributed by atoms with Crippen molar-refractivity contribution in [3.05, 3.63) is 0 Å². The van der Waals surface area contributed by atoms with Crippen LogP contribution in [0.3, 0.4) is 0 Å². The second-order valence-corrected chi connectivity index (χ2v) is 5.08. The van der Waals surface area contributed by atoms with Crippen molar-refractivity contribution in [2.24, 2.45) is 5.92 Å². The minimum Gasteiger partial charge on any atom is -0.379 e. The molecule has 2 aliphatic heterocycles. The van der Waals surface area contributed by atoms with Crippen LogP contribution in [0.1, 0.15) is 19.3 Å². The molecule has 0 bridgehead atoms. The number of β-amino-alcohol motifs (C(OH)–C–C–N with tert-alkyl or cyclic N) is 1. The van der Waals surface area contributed by atoms with Gasteiger partial charge in [-0.15, -0.1) is 12.4 Å². The monoisotopic (exact) mass is 302 g/mol. The Balaban J connectivity index is 0.00000180. The van der Waals surface area contributed by atoms with Crippen LogP contribution >= 0.6 is 12.4 Å². The number of nitrogens with zero attached hydrogens (tertiary/aromatic N) is 1. The Bertz CT molecular complexity index is 334. The van der Waals surface area contributed by atoms with E-state index in [0.717, 1.165) is 17.9 Å². The average molecular weight is 303 g/mol. The second kappa shape index (κ2) is 5.85. The van der Waals surface area contributed by atoms with E-state index in [1.807, 2.05) is 0 Å². The summed E-state index contributed by atoms with van der Waals surface area (Å²) in [5.41, 5.74) is -2.73. The number of carbonyl (C=O) groups excluding carboxylic acids is 1. The van der Waals surface area contributed by atoms with Crippen LogP contribution in [0.5, 0.6) is 0 Å². The summed E-state index contributed by atoms with van der Waals surface area (Å²) in [4.78, 5) is 13.2. The zero-order valence-corrected chi connectivity index (χ0v) is 11.2. The van der Waals surface area contributed by atoms with Gasteiger partial charge in [-0.3, -0.25) is 4.79 Å². The molecule has 19 heavy (non-hydrogen) atoms. The van der Waals surface area contributed by atoms with Gasteiger partial charge in [-0.05, 0) is 19.4 Å². The summed E-state index contributed by atoms with van der Waals surface area (Å²) < 4.78 is 37.9. The van der Waals surface area contributed by atoms with Gasteiger partial charge in [0.15, 0.2) is 5.60 Å². The van der Waals surface area contributed by atoms with Gasteiger partial charge < -0.3 is 15.3 Å². The highest BCUT2D eigenvalue weighted by Gasteiger charge is 2.58. The van der Waals surface area contributed by atoms with E-state index < -0.39 is 24.7 Å². The number of alkyl halides is 3. The van der Waals surface area contributed by atoms with Gasteiger partial charge in [0, 0.05) is 19.5 Å². The summed E-state index contributed by atoms with van der Waals surface area (Å²) in [6.07, 6.45) is -3.55. The third-order valence-electron chi connectivity index (χ3n) is 3.73. The average Bonchev–Trinajstić information content (AvgIpc) is 2.73. The van der Waals surface area contributed by atoms with E-state index in [4.69, 9.17) is 0 Å². The van der Waals surface area contributed by atoms with Crippen molar-refractivity contribution in [2.45, 2.75) is 31.0 Å². The summed E-state index contributed by atoms with van der Waals surface area (Å²) in [6, 6.07) is 0. The van der Waals surface area contributed by atoms with Gasteiger partial charge in [0.05, 0.1) is 12.5 Å². The largest absolute Gasteiger partial charge is 0.419 e. The third-order valence-corrected chi connectivity index (χ3v) is 3.73. The summed E-state index contributed by atoms with van der Waals surface area (Å²) in [7, 11) is 0. The molecule has 1 unspecified atom stereocenters. The van der Waals surface area contributed by atoms with E-state index in [9.17, 15) is 23.1 Å². The van der Waals surface area contributed by atoms with Gasteiger partial charge in [-0.1, -0.05) is 0 Å². The first-order valence-corrected chi connectivity index (χ1v) is 6.12. The van der Waals surface area contributed by atoms with Gasteiger partial charge in [0.25, 0.3) is 0 Å². The van der Waals surface area contributed by atoms with Gasteiger partial charge in [0.2, 0.25) is 5.91 Å². The minimum absolute atomic E-state index is 0. The zero-order chi connectivity index (χ0) is 13.4. The molecule has 2 aliphatic rings. The number of likely N-dealkylation sites (tertiary alicyclic amines) is 1. The molecule has 0 aromatic heterocycles. The molecule has 0 saturated carbocycles. The first-order chi connectivity index (χ1) is 8.33. The molecule has 0 radical (unpaired) electrons. The molecule has 2 saturated heterocycles. The lowest BCUT2D eigenvalue weighted by molar-refractivity contribution is -0.253. The highest BCUT2D eigenvalue weighted by atomic mass is 35.5. The molecule has 112 valence electrons. The van der Waals surface area contributed by atoms with Crippen LogP contribution in [0.25, 0.3) is 0 Å². The number of carbonyl (C=O) groups is 1. The van der Waals surface area contributed by atoms with Gasteiger partial charge in [0.1, 0.15) is 0 Å². The number of piperidine rings is 1. The van der Waals surface area contributed by atoms with Crippen molar-refractivity contribution in [2.75, 3.05) is 26.2 Å². The SMILES string of the molecule is Cl.O=C([C@@H]1CCCNC1)N1CCC(O)(C(F)(F)F)C1. The molecule has 0 aromatic rings. The van der Waals surface area contributed by atoms with Crippen LogP contribution in [0.2, 0.25) is 0 Å². The van der Waals surface area contributed by atoms with Gasteiger partial charge in [-0.25, -0.2) is 0 Å². The molecule has 0 aromatic carbocycles. The predicted molar refractivity (Wildman–Crippen MR) is 65.0 cm³/mol. The lowest BCUT2D eigenvalue weighted by Crippen LogP contribution is -2.49. The number of hydrogen-bond acceptors (Lipinski definition) is 3. The first-order valence-electron chi connectivity index (χ1n) is 6.12. The topological polar surface area (TPSA) is 52.6 Å². The summed E-state index contributed by atoms with van der Waals surface area (Å²) in [5.74, 6) is -0.531. The van der Waals surface area contributed by atoms with E-state index in [-0.39, 0.29) is 30.8 Å². The first kappa shape index (κ1) is 16.5. The van der Waals surface area contributed by atoms with Crippen molar-refractivity contribution >= 4 is 18.3 Å². The fourth-order valence-corrected chi connectivity index (χ4v) is 2.53. The van der Waals surface area contributed by atoms with Crippen LogP contribution in [-0.4, -0.2) is 53.9 Å². The number of rotatable bonds is 1. The van der Waals surface area contributed by atoms with E-state index in [1.54, 1.807) is 0 Å². The lowest BCUT2D eigenvalue weighted by atomic mass is 9.98. The Morgan fingerprint density at radius 2 is 2.11 bits per heavy atom. The Morgan fingerprint density at radius 3 is 2.58 bits per heavy atom. The van der Waals surface area contributed by atoms with E-state index >= 15 is 0 Å². The number of nitrogens with one attached hydrogen (secondary N) is 1. The van der Waals surface area contributed by atoms with Crippen LogP contribution in [-0.2, 0) is 4.79 Å². The Kier molecular flexibility index (Phi) is 5.08. The quantitative estimate of drug-likeness (QED) is 0.758. The molecule has 2 N–H and O–H groups in total. The molecule has 4 nitrogen and oxygen atoms in total. The van der Waals surface area contributed by atoms with Gasteiger partial charge in [-0.2, -0.15) is 13.2 Å². The van der Waals surface area contributed by atoms with Crippen LogP contribution in [0, 0.1) is 5.92 Å². The summed E-state index contributed by atoms with van der Waals surface area (Å²) in [5, 5.41) is 12.6. The molecule has 8 heteroatoms. The molecule has 1 amide bonds. The highest BCUT2D eigenvalue weighted by molar-refractivity contribution is 5.85. The zero-order valence-electron chi connectivity index (χ0n) is 10.4. The minimum atomic E-state index is -4.67. The lowest BCUT2D eigenvalue weighted by Gasteiger charge is -2.29. The van der Waals surface area contributed by atoms with Crippen LogP contribution in [0.15, 0.2) is 0 Å². The molecular weight excluding hydrogens is 285 g/mol. The summed E-state index contributed by atoms with van der Waals surface area (Å²) in [6.45, 7) is 0.702. The standard InChI is InChI=1S/C11H17F3N2O2.ClH/c12-11(13,14)10(18)3-5-16(7-10)9(17)8-2-1-4-15-6-8;/h8,15,18H,1-7H2;1H/t8-,10?;/m1./s1. The smallest absolute Gasteiger partial charge is 0.379 e. The Labute approximate surface area is 115 Å². The molecular formula is C11H18ClF3N2O2. The van der Waals surface area contributed by atoms with Crippen LogP contribution < -0.4 is 5.32 Å². The number of aliphatic hydroxyl groups is 1. The van der Waals surface area contributed by atoms with Crippen molar-refractivity contribution in [1.82, 2.24) is 10.2 Å². The molecule has 2 rings (SSSR count). The normalized spacial score (nSPS) is 32.0. The second-order valence-electron chi connectivity index (χ2n) is 5.08. The molecule has 0 spiro atoms. The van der Waals surface area contributed by atoms with Crippen molar-refractivity contribution < 1.29 is 23.1 Å². The molecule has 2 fully saturated rings. The molecule has 0 aliphatic carbocycles. The third kappa shape index (κ3) is 3.32. The molecule has 2 atom stereocenters. The number of halogens is 4. The molecule has 2 heterocycles. The Morgan fingerprint density at radius 1 is 1.42 bits per heavy atom.